The lowest BCUT2D eigenvalue weighted by Gasteiger charge is -2.29. The molecule has 3 aromatic rings. The monoisotopic (exact) mass is 380 g/mol. The molecular formula is C21H20N2O3S. The van der Waals surface area contributed by atoms with E-state index in [0.717, 1.165) is 17.4 Å². The number of nitrogens with zero attached hydrogens (tertiary/aromatic N) is 1. The van der Waals surface area contributed by atoms with Crippen molar-refractivity contribution >= 4 is 26.7 Å². The molecule has 0 atom stereocenters. The van der Waals surface area contributed by atoms with Gasteiger partial charge >= 0.3 is 0 Å². The molecule has 1 aliphatic heterocycles. The van der Waals surface area contributed by atoms with Crippen molar-refractivity contribution in [1.29, 1.82) is 0 Å². The molecule has 0 fully saturated rings. The van der Waals surface area contributed by atoms with Gasteiger partial charge in [0, 0.05) is 18.5 Å². The quantitative estimate of drug-likeness (QED) is 0.757. The molecule has 3 aromatic carbocycles. The van der Waals surface area contributed by atoms with Crippen LogP contribution in [-0.2, 0) is 27.8 Å². The van der Waals surface area contributed by atoms with E-state index in [9.17, 15) is 13.2 Å². The third-order valence-electron chi connectivity index (χ3n) is 4.94. The average molecular weight is 380 g/mol. The van der Waals surface area contributed by atoms with Crippen molar-refractivity contribution in [3.05, 3.63) is 77.9 Å². The Morgan fingerprint density at radius 1 is 0.926 bits per heavy atom. The number of fused-ring (bicyclic) bond motifs is 2. The van der Waals surface area contributed by atoms with E-state index in [-0.39, 0.29) is 17.3 Å². The number of carbonyl (C=O) groups excluding carboxylic acids is 1. The molecule has 138 valence electrons. The van der Waals surface area contributed by atoms with Crippen LogP contribution in [0, 0.1) is 0 Å². The maximum atomic E-state index is 12.7. The minimum absolute atomic E-state index is 0.192. The van der Waals surface area contributed by atoms with Crippen molar-refractivity contribution < 1.29 is 13.2 Å². The highest BCUT2D eigenvalue weighted by Crippen LogP contribution is 2.23. The lowest BCUT2D eigenvalue weighted by atomic mass is 10.00. The Morgan fingerprint density at radius 3 is 2.48 bits per heavy atom. The van der Waals surface area contributed by atoms with Gasteiger partial charge in [-0.05, 0) is 29.0 Å². The second kappa shape index (κ2) is 7.13. The molecule has 6 heteroatoms. The van der Waals surface area contributed by atoms with Gasteiger partial charge in [-0.15, -0.1) is 0 Å². The van der Waals surface area contributed by atoms with E-state index in [1.165, 1.54) is 5.56 Å². The van der Waals surface area contributed by atoms with Crippen molar-refractivity contribution in [3.8, 4) is 0 Å². The molecule has 1 aliphatic rings. The van der Waals surface area contributed by atoms with Crippen molar-refractivity contribution in [3.63, 3.8) is 0 Å². The standard InChI is InChI=1S/C21H20N2O3S/c24-21(23-13-12-16-6-1-2-8-18(16)15-23)14-22-27(25,26)20-11-5-9-17-7-3-4-10-19(17)20/h1-11,22H,12-15H2. The fraction of sp³-hybridized carbons (Fsp3) is 0.190. The topological polar surface area (TPSA) is 66.5 Å². The molecule has 1 N–H and O–H groups in total. The summed E-state index contributed by atoms with van der Waals surface area (Å²) in [7, 11) is -3.78. The Labute approximate surface area is 158 Å². The SMILES string of the molecule is O=C(CNS(=O)(=O)c1cccc2ccccc12)N1CCc2ccccc2C1. The van der Waals surface area contributed by atoms with Crippen LogP contribution in [0.25, 0.3) is 10.8 Å². The number of rotatable bonds is 4. The van der Waals surface area contributed by atoms with Gasteiger partial charge in [-0.3, -0.25) is 4.79 Å². The van der Waals surface area contributed by atoms with Crippen LogP contribution < -0.4 is 4.72 Å². The molecular weight excluding hydrogens is 360 g/mol. The first-order valence-corrected chi connectivity index (χ1v) is 10.3. The maximum Gasteiger partial charge on any atom is 0.241 e. The normalized spacial score (nSPS) is 14.1. The zero-order valence-electron chi connectivity index (χ0n) is 14.8. The lowest BCUT2D eigenvalue weighted by molar-refractivity contribution is -0.130. The van der Waals surface area contributed by atoms with Gasteiger partial charge in [0.1, 0.15) is 0 Å². The molecule has 1 heterocycles. The highest BCUT2D eigenvalue weighted by atomic mass is 32.2. The summed E-state index contributed by atoms with van der Waals surface area (Å²) in [5, 5.41) is 1.49. The van der Waals surface area contributed by atoms with Crippen molar-refractivity contribution in [1.82, 2.24) is 9.62 Å². The number of amides is 1. The third-order valence-corrected chi connectivity index (χ3v) is 6.40. The van der Waals surface area contributed by atoms with Crippen LogP contribution >= 0.6 is 0 Å². The molecule has 4 rings (SSSR count). The zero-order valence-corrected chi connectivity index (χ0v) is 15.6. The van der Waals surface area contributed by atoms with Crippen molar-refractivity contribution in [2.75, 3.05) is 13.1 Å². The van der Waals surface area contributed by atoms with E-state index >= 15 is 0 Å². The average Bonchev–Trinajstić information content (AvgIpc) is 2.71. The Kier molecular flexibility index (Phi) is 4.68. The first-order chi connectivity index (χ1) is 13.0. The molecule has 0 saturated heterocycles. The minimum Gasteiger partial charge on any atom is -0.337 e. The number of sulfonamides is 1. The van der Waals surface area contributed by atoms with Crippen LogP contribution in [0.2, 0.25) is 0 Å². The Morgan fingerprint density at radius 2 is 1.63 bits per heavy atom. The molecule has 0 unspecified atom stereocenters. The van der Waals surface area contributed by atoms with Gasteiger partial charge in [0.15, 0.2) is 0 Å². The van der Waals surface area contributed by atoms with Gasteiger partial charge in [-0.2, -0.15) is 0 Å². The first kappa shape index (κ1) is 17.7. The Hall–Kier alpha value is -2.70. The fourth-order valence-corrected chi connectivity index (χ4v) is 4.69. The van der Waals surface area contributed by atoms with Gasteiger partial charge in [0.2, 0.25) is 15.9 Å². The number of carbonyl (C=O) groups is 1. The highest BCUT2D eigenvalue weighted by Gasteiger charge is 2.23. The van der Waals surface area contributed by atoms with E-state index < -0.39 is 10.0 Å². The van der Waals surface area contributed by atoms with Gasteiger partial charge in [-0.25, -0.2) is 13.1 Å². The predicted octanol–water partition coefficient (Wildman–Crippen LogP) is 2.70. The number of hydrogen-bond donors (Lipinski definition) is 1. The summed E-state index contributed by atoms with van der Waals surface area (Å²) in [5.74, 6) is -0.215. The predicted molar refractivity (Wildman–Crippen MR) is 105 cm³/mol. The zero-order chi connectivity index (χ0) is 18.9. The summed E-state index contributed by atoms with van der Waals surface area (Å²) in [6.07, 6.45) is 0.790. The summed E-state index contributed by atoms with van der Waals surface area (Å²) in [5.41, 5.74) is 2.37. The smallest absolute Gasteiger partial charge is 0.241 e. The largest absolute Gasteiger partial charge is 0.337 e. The molecule has 5 nitrogen and oxygen atoms in total. The molecule has 1 amide bonds. The molecule has 0 saturated carbocycles. The minimum atomic E-state index is -3.78. The van der Waals surface area contributed by atoms with Gasteiger partial charge in [0.25, 0.3) is 0 Å². The fourth-order valence-electron chi connectivity index (χ4n) is 3.48. The summed E-state index contributed by atoms with van der Waals surface area (Å²) in [6, 6.07) is 20.5. The van der Waals surface area contributed by atoms with Crippen molar-refractivity contribution in [2.24, 2.45) is 0 Å². The van der Waals surface area contributed by atoms with Crippen LogP contribution in [-0.4, -0.2) is 32.3 Å². The van der Waals surface area contributed by atoms with E-state index in [4.69, 9.17) is 0 Å². The maximum absolute atomic E-state index is 12.7. The summed E-state index contributed by atoms with van der Waals surface area (Å²) in [4.78, 5) is 14.4. The second-order valence-electron chi connectivity index (χ2n) is 6.64. The number of hydrogen-bond acceptors (Lipinski definition) is 3. The summed E-state index contributed by atoms with van der Waals surface area (Å²) in [6.45, 7) is 0.880. The molecule has 0 aliphatic carbocycles. The van der Waals surface area contributed by atoms with Crippen molar-refractivity contribution in [2.45, 2.75) is 17.9 Å². The van der Waals surface area contributed by atoms with Gasteiger partial charge < -0.3 is 4.90 Å². The Bertz CT molecular complexity index is 1100. The van der Waals surface area contributed by atoms with E-state index in [0.29, 0.717) is 18.5 Å². The first-order valence-electron chi connectivity index (χ1n) is 8.86. The van der Waals surface area contributed by atoms with E-state index in [1.807, 2.05) is 36.4 Å². The van der Waals surface area contributed by atoms with Crippen LogP contribution in [0.15, 0.2) is 71.6 Å². The molecule has 0 aromatic heterocycles. The Balaban J connectivity index is 1.49. The lowest BCUT2D eigenvalue weighted by Crippen LogP contribution is -2.42. The van der Waals surface area contributed by atoms with E-state index in [1.54, 1.807) is 29.2 Å². The molecule has 27 heavy (non-hydrogen) atoms. The molecule has 0 spiro atoms. The van der Waals surface area contributed by atoms with Crippen LogP contribution in [0.5, 0.6) is 0 Å². The van der Waals surface area contributed by atoms with E-state index in [2.05, 4.69) is 10.8 Å². The summed E-state index contributed by atoms with van der Waals surface area (Å²) < 4.78 is 28.0. The second-order valence-corrected chi connectivity index (χ2v) is 8.37. The molecule has 0 radical (unpaired) electrons. The number of benzene rings is 3. The van der Waals surface area contributed by atoms with Crippen LogP contribution in [0.1, 0.15) is 11.1 Å². The summed E-state index contributed by atoms with van der Waals surface area (Å²) >= 11 is 0. The van der Waals surface area contributed by atoms with Crippen LogP contribution in [0.3, 0.4) is 0 Å². The van der Waals surface area contributed by atoms with Gasteiger partial charge in [-0.1, -0.05) is 60.7 Å². The third kappa shape index (κ3) is 3.59. The van der Waals surface area contributed by atoms with Gasteiger partial charge in [0.05, 0.1) is 11.4 Å². The highest BCUT2D eigenvalue weighted by molar-refractivity contribution is 7.89. The molecule has 0 bridgehead atoms. The number of nitrogens with one attached hydrogen (secondary N) is 1. The van der Waals surface area contributed by atoms with Crippen LogP contribution in [0.4, 0.5) is 0 Å².